The first kappa shape index (κ1) is 18.9. The summed E-state index contributed by atoms with van der Waals surface area (Å²) in [6, 6.07) is 7.65. The Hall–Kier alpha value is -2.12. The predicted molar refractivity (Wildman–Crippen MR) is 106 cm³/mol. The molecule has 2 aliphatic carbocycles. The van der Waals surface area contributed by atoms with Crippen molar-refractivity contribution in [2.75, 3.05) is 26.8 Å². The Morgan fingerprint density at radius 1 is 1.10 bits per heavy atom. The van der Waals surface area contributed by atoms with Gasteiger partial charge in [0, 0.05) is 25.2 Å². The van der Waals surface area contributed by atoms with Gasteiger partial charge in [0.05, 0.1) is 13.2 Å². The van der Waals surface area contributed by atoms with Gasteiger partial charge < -0.3 is 25.0 Å². The molecule has 0 spiro atoms. The number of likely N-dealkylation sites (tertiary alicyclic amines) is 1. The van der Waals surface area contributed by atoms with E-state index in [4.69, 9.17) is 15.2 Å². The van der Waals surface area contributed by atoms with Crippen LogP contribution in [0.5, 0.6) is 5.75 Å². The van der Waals surface area contributed by atoms with E-state index < -0.39 is 12.1 Å². The molecule has 4 fully saturated rings. The number of morpholine rings is 1. The molecule has 0 radical (unpaired) electrons. The zero-order chi connectivity index (χ0) is 20.1. The highest BCUT2D eigenvalue weighted by Crippen LogP contribution is 2.42. The number of carbonyl (C=O) groups is 2. The number of nitrogens with two attached hydrogens (primary N) is 1. The van der Waals surface area contributed by atoms with Crippen LogP contribution in [-0.4, -0.2) is 66.6 Å². The van der Waals surface area contributed by atoms with Crippen molar-refractivity contribution in [3.63, 3.8) is 0 Å². The van der Waals surface area contributed by atoms with Crippen LogP contribution in [0.25, 0.3) is 0 Å². The highest BCUT2D eigenvalue weighted by molar-refractivity contribution is 5.87. The molecule has 7 nitrogen and oxygen atoms in total. The van der Waals surface area contributed by atoms with Gasteiger partial charge in [-0.05, 0) is 55.2 Å². The highest BCUT2D eigenvalue weighted by atomic mass is 16.5. The van der Waals surface area contributed by atoms with E-state index in [1.807, 2.05) is 34.1 Å². The lowest BCUT2D eigenvalue weighted by atomic mass is 9.91. The Balaban J connectivity index is 1.44. The van der Waals surface area contributed by atoms with E-state index in [1.165, 1.54) is 0 Å². The monoisotopic (exact) mass is 399 g/mol. The van der Waals surface area contributed by atoms with Crippen LogP contribution in [0, 0.1) is 11.8 Å². The fourth-order valence-corrected chi connectivity index (χ4v) is 5.38. The third-order valence-corrected chi connectivity index (χ3v) is 7.12. The maximum Gasteiger partial charge on any atom is 0.254 e. The average molecular weight is 399 g/mol. The second kappa shape index (κ2) is 7.29. The molecule has 2 saturated heterocycles. The number of amides is 2. The third-order valence-electron chi connectivity index (χ3n) is 7.12. The molecule has 2 N–H and O–H groups in total. The lowest BCUT2D eigenvalue weighted by Crippen LogP contribution is -2.59. The third kappa shape index (κ3) is 3.30. The molecule has 1 unspecified atom stereocenters. The van der Waals surface area contributed by atoms with E-state index in [2.05, 4.69) is 0 Å². The molecule has 2 aliphatic heterocycles. The number of hydrogen-bond donors (Lipinski definition) is 1. The van der Waals surface area contributed by atoms with Crippen LogP contribution in [0.1, 0.15) is 37.3 Å². The molecule has 0 aromatic heterocycles. The Kier molecular flexibility index (Phi) is 4.75. The second-order valence-electron chi connectivity index (χ2n) is 8.90. The van der Waals surface area contributed by atoms with E-state index >= 15 is 0 Å². The number of nitrogens with zero attached hydrogens (tertiary/aromatic N) is 2. The van der Waals surface area contributed by atoms with Crippen molar-refractivity contribution < 1.29 is 19.1 Å². The minimum atomic E-state index is -0.671. The topological polar surface area (TPSA) is 85.1 Å². The van der Waals surface area contributed by atoms with E-state index in [-0.39, 0.29) is 30.5 Å². The van der Waals surface area contributed by atoms with E-state index in [1.54, 1.807) is 7.11 Å². The molecule has 7 heteroatoms. The SMILES string of the molecule is COc1ccc([C@@H]2[C@@H](C(=O)N3C[C@H]4CC[C@@H](C3)C4N)OCC(=O)N2C2CC2)cc1. The maximum absolute atomic E-state index is 13.6. The van der Waals surface area contributed by atoms with Gasteiger partial charge in [0.15, 0.2) is 6.10 Å². The Bertz CT molecular complexity index is 780. The number of piperidine rings is 1. The molecule has 5 rings (SSSR count). The summed E-state index contributed by atoms with van der Waals surface area (Å²) >= 11 is 0. The van der Waals surface area contributed by atoms with Crippen molar-refractivity contribution in [3.8, 4) is 5.75 Å². The first-order valence-corrected chi connectivity index (χ1v) is 10.7. The molecule has 2 heterocycles. The minimum absolute atomic E-state index is 0.00670. The van der Waals surface area contributed by atoms with Crippen LogP contribution in [0.2, 0.25) is 0 Å². The van der Waals surface area contributed by atoms with E-state index in [9.17, 15) is 9.59 Å². The Morgan fingerprint density at radius 3 is 2.34 bits per heavy atom. The lowest BCUT2D eigenvalue weighted by Gasteiger charge is -2.44. The summed E-state index contributed by atoms with van der Waals surface area (Å²) in [5, 5.41) is 0. The zero-order valence-corrected chi connectivity index (χ0v) is 16.8. The summed E-state index contributed by atoms with van der Waals surface area (Å²) in [5.74, 6) is 1.47. The van der Waals surface area contributed by atoms with Gasteiger partial charge >= 0.3 is 0 Å². The van der Waals surface area contributed by atoms with Crippen molar-refractivity contribution >= 4 is 11.8 Å². The van der Waals surface area contributed by atoms with E-state index in [0.717, 1.165) is 37.0 Å². The maximum atomic E-state index is 13.6. The quantitative estimate of drug-likeness (QED) is 0.826. The standard InChI is InChI=1S/C22H29N3O4/c1-28-17-8-4-13(5-9-17)20-21(29-12-18(26)25(20)16-6-7-16)22(27)24-10-14-2-3-15(11-24)19(14)23/h4-5,8-9,14-16,19-21H,2-3,6-7,10-12,23H2,1H3/t14-,15+,19?,20-,21+/m1/s1. The number of hydrogen-bond acceptors (Lipinski definition) is 5. The Morgan fingerprint density at radius 2 is 1.76 bits per heavy atom. The second-order valence-corrected chi connectivity index (χ2v) is 8.90. The van der Waals surface area contributed by atoms with Crippen LogP contribution in [0.4, 0.5) is 0 Å². The normalized spacial score (nSPS) is 34.4. The van der Waals surface area contributed by atoms with Crippen molar-refractivity contribution in [1.29, 1.82) is 0 Å². The van der Waals surface area contributed by atoms with Gasteiger partial charge in [0.1, 0.15) is 12.4 Å². The van der Waals surface area contributed by atoms with Crippen LogP contribution < -0.4 is 10.5 Å². The van der Waals surface area contributed by atoms with Crippen LogP contribution in [-0.2, 0) is 14.3 Å². The summed E-state index contributed by atoms with van der Waals surface area (Å²) in [7, 11) is 1.63. The molecule has 1 aromatic rings. The summed E-state index contributed by atoms with van der Waals surface area (Å²) in [4.78, 5) is 30.1. The molecular weight excluding hydrogens is 370 g/mol. The Labute approximate surface area is 171 Å². The number of fused-ring (bicyclic) bond motifs is 2. The highest BCUT2D eigenvalue weighted by Gasteiger charge is 2.50. The molecule has 29 heavy (non-hydrogen) atoms. The van der Waals surface area contributed by atoms with Gasteiger partial charge in [0.2, 0.25) is 5.91 Å². The molecule has 5 atom stereocenters. The molecular formula is C22H29N3O4. The van der Waals surface area contributed by atoms with E-state index in [0.29, 0.717) is 24.9 Å². The first-order valence-electron chi connectivity index (χ1n) is 10.7. The molecule has 4 aliphatic rings. The molecule has 156 valence electrons. The van der Waals surface area contributed by atoms with Gasteiger partial charge in [-0.2, -0.15) is 0 Å². The number of ether oxygens (including phenoxy) is 2. The fourth-order valence-electron chi connectivity index (χ4n) is 5.38. The van der Waals surface area contributed by atoms with Gasteiger partial charge in [-0.1, -0.05) is 12.1 Å². The summed E-state index contributed by atoms with van der Waals surface area (Å²) < 4.78 is 11.2. The summed E-state index contributed by atoms with van der Waals surface area (Å²) in [5.41, 5.74) is 7.24. The zero-order valence-electron chi connectivity index (χ0n) is 16.8. The minimum Gasteiger partial charge on any atom is -0.497 e. The van der Waals surface area contributed by atoms with Gasteiger partial charge in [0.25, 0.3) is 5.91 Å². The van der Waals surface area contributed by atoms with Gasteiger partial charge in [-0.25, -0.2) is 0 Å². The number of methoxy groups -OCH3 is 1. The number of benzene rings is 1. The van der Waals surface area contributed by atoms with Crippen molar-refractivity contribution in [2.45, 2.75) is 49.9 Å². The number of rotatable bonds is 4. The fraction of sp³-hybridized carbons (Fsp3) is 0.636. The average Bonchev–Trinajstić information content (AvgIpc) is 3.55. The largest absolute Gasteiger partial charge is 0.497 e. The van der Waals surface area contributed by atoms with Gasteiger partial charge in [-0.3, -0.25) is 9.59 Å². The molecule has 2 bridgehead atoms. The lowest BCUT2D eigenvalue weighted by molar-refractivity contribution is -0.171. The predicted octanol–water partition coefficient (Wildman–Crippen LogP) is 1.32. The molecule has 2 saturated carbocycles. The molecule has 2 amide bonds. The summed E-state index contributed by atoms with van der Waals surface area (Å²) in [6.07, 6.45) is 3.49. The number of carbonyl (C=O) groups excluding carboxylic acids is 2. The van der Waals surface area contributed by atoms with Crippen molar-refractivity contribution in [1.82, 2.24) is 9.80 Å². The van der Waals surface area contributed by atoms with Crippen molar-refractivity contribution in [3.05, 3.63) is 29.8 Å². The van der Waals surface area contributed by atoms with Crippen molar-refractivity contribution in [2.24, 2.45) is 17.6 Å². The van der Waals surface area contributed by atoms with Gasteiger partial charge in [-0.15, -0.1) is 0 Å². The summed E-state index contributed by atoms with van der Waals surface area (Å²) in [6.45, 7) is 1.37. The molecule has 1 aromatic carbocycles. The smallest absolute Gasteiger partial charge is 0.254 e. The van der Waals surface area contributed by atoms with Crippen LogP contribution in [0.3, 0.4) is 0 Å². The van der Waals surface area contributed by atoms with Crippen LogP contribution >= 0.6 is 0 Å². The van der Waals surface area contributed by atoms with Crippen LogP contribution in [0.15, 0.2) is 24.3 Å². The first-order chi connectivity index (χ1) is 14.1.